The van der Waals surface area contributed by atoms with E-state index in [1.54, 1.807) is 0 Å². The van der Waals surface area contributed by atoms with Crippen LogP contribution in [0, 0.1) is 0 Å². The van der Waals surface area contributed by atoms with Crippen molar-refractivity contribution in [3.63, 3.8) is 0 Å². The van der Waals surface area contributed by atoms with E-state index in [2.05, 4.69) is 10.2 Å². The number of nitrogens with one attached hydrogen (secondary N) is 1. The highest BCUT2D eigenvalue weighted by Crippen LogP contribution is 2.33. The van der Waals surface area contributed by atoms with E-state index in [0.717, 1.165) is 31.7 Å². The molecule has 0 bridgehead atoms. The first-order valence-electron chi connectivity index (χ1n) is 6.85. The van der Waals surface area contributed by atoms with Gasteiger partial charge in [0.05, 0.1) is 15.7 Å². The van der Waals surface area contributed by atoms with Crippen LogP contribution in [0.5, 0.6) is 0 Å². The Balaban J connectivity index is 1.96. The Morgan fingerprint density at radius 2 is 1.80 bits per heavy atom. The lowest BCUT2D eigenvalue weighted by molar-refractivity contribution is 0.194. The first-order valence-corrected chi connectivity index (χ1v) is 7.60. The van der Waals surface area contributed by atoms with E-state index in [9.17, 15) is 4.79 Å². The van der Waals surface area contributed by atoms with Gasteiger partial charge in [0.1, 0.15) is 0 Å². The third-order valence-corrected chi connectivity index (χ3v) is 3.96. The minimum absolute atomic E-state index is 0.0109. The summed E-state index contributed by atoms with van der Waals surface area (Å²) in [6.07, 6.45) is 0.945. The van der Waals surface area contributed by atoms with E-state index < -0.39 is 0 Å². The predicted octanol–water partition coefficient (Wildman–Crippen LogP) is 3.24. The zero-order valence-corrected chi connectivity index (χ0v) is 13.0. The Hall–Kier alpha value is -1.13. The van der Waals surface area contributed by atoms with Crippen LogP contribution < -0.4 is 10.2 Å². The van der Waals surface area contributed by atoms with Gasteiger partial charge in [-0.2, -0.15) is 0 Å². The maximum absolute atomic E-state index is 11.9. The van der Waals surface area contributed by atoms with Crippen molar-refractivity contribution < 1.29 is 4.79 Å². The quantitative estimate of drug-likeness (QED) is 0.929. The number of amides is 2. The summed E-state index contributed by atoms with van der Waals surface area (Å²) in [5.41, 5.74) is 0.865. The molecule has 1 heterocycles. The molecule has 6 heteroatoms. The summed E-state index contributed by atoms with van der Waals surface area (Å²) in [6.45, 7) is 5.59. The van der Waals surface area contributed by atoms with Crippen molar-refractivity contribution in [1.82, 2.24) is 10.2 Å². The lowest BCUT2D eigenvalue weighted by Gasteiger charge is -2.36. The largest absolute Gasteiger partial charge is 0.366 e. The van der Waals surface area contributed by atoms with E-state index in [1.165, 1.54) is 0 Å². The van der Waals surface area contributed by atoms with Crippen molar-refractivity contribution in [2.45, 2.75) is 13.3 Å². The molecule has 1 aromatic carbocycles. The number of hydrogen-bond acceptors (Lipinski definition) is 2. The van der Waals surface area contributed by atoms with Gasteiger partial charge in [-0.05, 0) is 18.6 Å². The van der Waals surface area contributed by atoms with Crippen molar-refractivity contribution in [3.8, 4) is 0 Å². The minimum atomic E-state index is 0.0109. The second-order valence-corrected chi connectivity index (χ2v) is 5.59. The van der Waals surface area contributed by atoms with Crippen LogP contribution in [-0.4, -0.2) is 43.7 Å². The topological polar surface area (TPSA) is 35.6 Å². The first-order chi connectivity index (χ1) is 9.63. The van der Waals surface area contributed by atoms with Crippen LogP contribution in [-0.2, 0) is 0 Å². The van der Waals surface area contributed by atoms with Gasteiger partial charge in [-0.1, -0.05) is 36.2 Å². The number of carbonyl (C=O) groups is 1. The summed E-state index contributed by atoms with van der Waals surface area (Å²) in [5, 5.41) is 4.20. The Labute approximate surface area is 129 Å². The van der Waals surface area contributed by atoms with Gasteiger partial charge < -0.3 is 15.1 Å². The number of anilines is 1. The van der Waals surface area contributed by atoms with E-state index in [0.29, 0.717) is 23.1 Å². The SMILES string of the molecule is CCCNC(=O)N1CCN(c2c(Cl)cccc2Cl)CC1. The van der Waals surface area contributed by atoms with Crippen molar-refractivity contribution >= 4 is 34.9 Å². The molecule has 1 fully saturated rings. The Morgan fingerprint density at radius 3 is 2.35 bits per heavy atom. The Bertz CT molecular complexity index is 453. The molecule has 1 saturated heterocycles. The average molecular weight is 316 g/mol. The van der Waals surface area contributed by atoms with Crippen molar-refractivity contribution in [3.05, 3.63) is 28.2 Å². The molecule has 4 nitrogen and oxygen atoms in total. The zero-order chi connectivity index (χ0) is 14.5. The predicted molar refractivity (Wildman–Crippen MR) is 83.9 cm³/mol. The van der Waals surface area contributed by atoms with Crippen molar-refractivity contribution in [2.75, 3.05) is 37.6 Å². The highest BCUT2D eigenvalue weighted by Gasteiger charge is 2.23. The van der Waals surface area contributed by atoms with Gasteiger partial charge in [0.15, 0.2) is 0 Å². The molecule has 1 aliphatic rings. The molecule has 1 N–H and O–H groups in total. The van der Waals surface area contributed by atoms with Crippen LogP contribution in [0.4, 0.5) is 10.5 Å². The van der Waals surface area contributed by atoms with Crippen LogP contribution in [0.15, 0.2) is 18.2 Å². The maximum Gasteiger partial charge on any atom is 0.317 e. The molecule has 2 rings (SSSR count). The number of nitrogens with zero attached hydrogens (tertiary/aromatic N) is 2. The van der Waals surface area contributed by atoms with Crippen LogP contribution in [0.1, 0.15) is 13.3 Å². The van der Waals surface area contributed by atoms with Crippen LogP contribution >= 0.6 is 23.2 Å². The molecule has 2 amide bonds. The number of benzene rings is 1. The molecule has 0 aromatic heterocycles. The van der Waals surface area contributed by atoms with Gasteiger partial charge in [-0.15, -0.1) is 0 Å². The fraction of sp³-hybridized carbons (Fsp3) is 0.500. The van der Waals surface area contributed by atoms with Gasteiger partial charge in [-0.25, -0.2) is 4.79 Å². The normalized spacial score (nSPS) is 15.3. The third kappa shape index (κ3) is 3.49. The van der Waals surface area contributed by atoms with E-state index in [-0.39, 0.29) is 6.03 Å². The number of halogens is 2. The fourth-order valence-corrected chi connectivity index (χ4v) is 2.90. The molecule has 20 heavy (non-hydrogen) atoms. The van der Waals surface area contributed by atoms with Crippen LogP contribution in [0.2, 0.25) is 10.0 Å². The fourth-order valence-electron chi connectivity index (χ4n) is 2.27. The average Bonchev–Trinajstić information content (AvgIpc) is 2.45. The van der Waals surface area contributed by atoms with E-state index in [4.69, 9.17) is 23.2 Å². The van der Waals surface area contributed by atoms with E-state index in [1.807, 2.05) is 30.0 Å². The summed E-state index contributed by atoms with van der Waals surface area (Å²) in [7, 11) is 0. The summed E-state index contributed by atoms with van der Waals surface area (Å²) < 4.78 is 0. The number of urea groups is 1. The summed E-state index contributed by atoms with van der Waals surface area (Å²) in [5.74, 6) is 0. The van der Waals surface area contributed by atoms with Gasteiger partial charge in [0.25, 0.3) is 0 Å². The number of carbonyl (C=O) groups excluding carboxylic acids is 1. The highest BCUT2D eigenvalue weighted by molar-refractivity contribution is 6.39. The minimum Gasteiger partial charge on any atom is -0.366 e. The summed E-state index contributed by atoms with van der Waals surface area (Å²) >= 11 is 12.4. The number of piperazine rings is 1. The smallest absolute Gasteiger partial charge is 0.317 e. The first kappa shape index (κ1) is 15.3. The molecule has 110 valence electrons. The van der Waals surface area contributed by atoms with Gasteiger partial charge in [0, 0.05) is 32.7 Å². The summed E-state index contributed by atoms with van der Waals surface area (Å²) in [4.78, 5) is 15.8. The summed E-state index contributed by atoms with van der Waals surface area (Å²) in [6, 6.07) is 5.52. The second-order valence-electron chi connectivity index (χ2n) is 4.78. The van der Waals surface area contributed by atoms with Gasteiger partial charge in [-0.3, -0.25) is 0 Å². The molecular formula is C14H19Cl2N3O. The zero-order valence-electron chi connectivity index (χ0n) is 11.5. The lowest BCUT2D eigenvalue weighted by atomic mass is 10.2. The molecule has 1 aliphatic heterocycles. The van der Waals surface area contributed by atoms with Gasteiger partial charge in [0.2, 0.25) is 0 Å². The number of para-hydroxylation sites is 1. The van der Waals surface area contributed by atoms with E-state index >= 15 is 0 Å². The molecule has 0 unspecified atom stereocenters. The van der Waals surface area contributed by atoms with Gasteiger partial charge >= 0.3 is 6.03 Å². The molecular weight excluding hydrogens is 297 g/mol. The molecule has 0 aliphatic carbocycles. The van der Waals surface area contributed by atoms with Crippen molar-refractivity contribution in [1.29, 1.82) is 0 Å². The monoisotopic (exact) mass is 315 g/mol. The van der Waals surface area contributed by atoms with Crippen LogP contribution in [0.3, 0.4) is 0 Å². The molecule has 0 saturated carbocycles. The second kappa shape index (κ2) is 7.04. The Morgan fingerprint density at radius 1 is 1.20 bits per heavy atom. The third-order valence-electron chi connectivity index (χ3n) is 3.35. The van der Waals surface area contributed by atoms with Crippen molar-refractivity contribution in [2.24, 2.45) is 0 Å². The molecule has 0 radical (unpaired) electrons. The Kier molecular flexibility index (Phi) is 5.38. The highest BCUT2D eigenvalue weighted by atomic mass is 35.5. The van der Waals surface area contributed by atoms with Crippen LogP contribution in [0.25, 0.3) is 0 Å². The number of hydrogen-bond donors (Lipinski definition) is 1. The standard InChI is InChI=1S/C14H19Cl2N3O/c1-2-6-17-14(20)19-9-7-18(8-10-19)13-11(15)4-3-5-12(13)16/h3-5H,2,6-10H2,1H3,(H,17,20). The maximum atomic E-state index is 11.9. The number of rotatable bonds is 3. The molecule has 1 aromatic rings. The lowest BCUT2D eigenvalue weighted by Crippen LogP contribution is -2.52. The molecule has 0 atom stereocenters. The molecule has 0 spiro atoms.